The van der Waals surface area contributed by atoms with E-state index in [9.17, 15) is 14.0 Å². The van der Waals surface area contributed by atoms with Gasteiger partial charge in [-0.25, -0.2) is 4.39 Å². The van der Waals surface area contributed by atoms with Crippen molar-refractivity contribution >= 4 is 23.2 Å². The van der Waals surface area contributed by atoms with Crippen molar-refractivity contribution in [3.8, 4) is 0 Å². The largest absolute Gasteiger partial charge is 0.371 e. The van der Waals surface area contributed by atoms with E-state index in [1.54, 1.807) is 0 Å². The molecule has 1 fully saturated rings. The van der Waals surface area contributed by atoms with Crippen LogP contribution in [0.2, 0.25) is 0 Å². The molecule has 1 aliphatic heterocycles. The van der Waals surface area contributed by atoms with E-state index in [1.807, 2.05) is 32.0 Å². The van der Waals surface area contributed by atoms with Gasteiger partial charge in [0.1, 0.15) is 11.9 Å². The summed E-state index contributed by atoms with van der Waals surface area (Å²) in [6.45, 7) is 5.80. The lowest BCUT2D eigenvalue weighted by atomic mass is 10.0. The standard InChI is InChI=1S/C23H28FN3O2/c1-16(2)21(26-22(28)17-9-11-18(24)12-10-17)23(29)25-19-7-6-8-20(15-19)27-13-4-3-5-14-27/h6-12,15-16,21H,3-5,13-14H2,1-2H3,(H,25,29)(H,26,28). The van der Waals surface area contributed by atoms with Gasteiger partial charge in [-0.1, -0.05) is 19.9 Å². The number of hydrogen-bond acceptors (Lipinski definition) is 3. The number of benzene rings is 2. The molecule has 0 aliphatic carbocycles. The number of carbonyl (C=O) groups excluding carboxylic acids is 2. The van der Waals surface area contributed by atoms with Crippen LogP contribution in [-0.4, -0.2) is 30.9 Å². The van der Waals surface area contributed by atoms with E-state index in [0.29, 0.717) is 11.3 Å². The number of hydrogen-bond donors (Lipinski definition) is 2. The highest BCUT2D eigenvalue weighted by Gasteiger charge is 2.25. The fourth-order valence-electron chi connectivity index (χ4n) is 3.51. The molecular formula is C23H28FN3O2. The summed E-state index contributed by atoms with van der Waals surface area (Å²) >= 11 is 0. The Labute approximate surface area is 171 Å². The first-order valence-electron chi connectivity index (χ1n) is 10.2. The zero-order chi connectivity index (χ0) is 20.8. The van der Waals surface area contributed by atoms with E-state index in [0.717, 1.165) is 18.8 Å². The minimum atomic E-state index is -0.703. The molecule has 29 heavy (non-hydrogen) atoms. The number of amides is 2. The van der Waals surface area contributed by atoms with Crippen LogP contribution in [0.4, 0.5) is 15.8 Å². The molecule has 2 amide bonds. The summed E-state index contributed by atoms with van der Waals surface area (Å²) in [6.07, 6.45) is 3.62. The number of piperidine rings is 1. The second kappa shape index (κ2) is 9.54. The van der Waals surface area contributed by atoms with Crippen LogP contribution in [-0.2, 0) is 4.79 Å². The number of nitrogens with zero attached hydrogens (tertiary/aromatic N) is 1. The molecule has 2 aromatic carbocycles. The summed E-state index contributed by atoms with van der Waals surface area (Å²) < 4.78 is 13.1. The highest BCUT2D eigenvalue weighted by atomic mass is 19.1. The summed E-state index contributed by atoms with van der Waals surface area (Å²) in [5.41, 5.74) is 2.12. The third-order valence-corrected chi connectivity index (χ3v) is 5.18. The van der Waals surface area contributed by atoms with Gasteiger partial charge in [0.2, 0.25) is 5.91 Å². The molecule has 2 N–H and O–H groups in total. The summed E-state index contributed by atoms with van der Waals surface area (Å²) in [6, 6.07) is 12.4. The average Bonchev–Trinajstić information content (AvgIpc) is 2.73. The van der Waals surface area contributed by atoms with Gasteiger partial charge in [-0.05, 0) is 67.6 Å². The zero-order valence-electron chi connectivity index (χ0n) is 17.0. The molecule has 1 heterocycles. The summed E-state index contributed by atoms with van der Waals surface area (Å²) in [7, 11) is 0. The van der Waals surface area contributed by atoms with Crippen molar-refractivity contribution in [1.82, 2.24) is 5.32 Å². The molecule has 1 saturated heterocycles. The van der Waals surface area contributed by atoms with Gasteiger partial charge in [0.25, 0.3) is 5.91 Å². The van der Waals surface area contributed by atoms with Gasteiger partial charge in [0.05, 0.1) is 0 Å². The van der Waals surface area contributed by atoms with Gasteiger partial charge in [-0.3, -0.25) is 9.59 Å². The molecule has 0 spiro atoms. The summed E-state index contributed by atoms with van der Waals surface area (Å²) in [5.74, 6) is -1.19. The molecule has 0 aromatic heterocycles. The Morgan fingerprint density at radius 2 is 1.69 bits per heavy atom. The van der Waals surface area contributed by atoms with Crippen molar-refractivity contribution in [3.63, 3.8) is 0 Å². The molecule has 0 radical (unpaired) electrons. The first kappa shape index (κ1) is 20.8. The quantitative estimate of drug-likeness (QED) is 0.768. The summed E-state index contributed by atoms with van der Waals surface area (Å²) in [4.78, 5) is 27.7. The molecule has 1 atom stereocenters. The van der Waals surface area contributed by atoms with Crippen molar-refractivity contribution in [1.29, 1.82) is 0 Å². The third kappa shape index (κ3) is 5.56. The van der Waals surface area contributed by atoms with Crippen LogP contribution in [0.5, 0.6) is 0 Å². The van der Waals surface area contributed by atoms with Crippen LogP contribution in [0.15, 0.2) is 48.5 Å². The lowest BCUT2D eigenvalue weighted by Gasteiger charge is -2.29. The fourth-order valence-corrected chi connectivity index (χ4v) is 3.51. The topological polar surface area (TPSA) is 61.4 Å². The average molecular weight is 397 g/mol. The molecule has 0 saturated carbocycles. The third-order valence-electron chi connectivity index (χ3n) is 5.18. The van der Waals surface area contributed by atoms with Crippen molar-refractivity contribution < 1.29 is 14.0 Å². The molecule has 1 aliphatic rings. The number of carbonyl (C=O) groups is 2. The van der Waals surface area contributed by atoms with Crippen LogP contribution in [0, 0.1) is 11.7 Å². The SMILES string of the molecule is CC(C)C(NC(=O)c1ccc(F)cc1)C(=O)Nc1cccc(N2CCCCC2)c1. The number of nitrogens with one attached hydrogen (secondary N) is 2. The molecule has 5 nitrogen and oxygen atoms in total. The smallest absolute Gasteiger partial charge is 0.251 e. The van der Waals surface area contributed by atoms with Gasteiger partial charge < -0.3 is 15.5 Å². The van der Waals surface area contributed by atoms with E-state index >= 15 is 0 Å². The molecule has 6 heteroatoms. The lowest BCUT2D eigenvalue weighted by molar-refractivity contribution is -0.118. The Morgan fingerprint density at radius 3 is 2.34 bits per heavy atom. The van der Waals surface area contributed by atoms with Crippen molar-refractivity contribution in [2.75, 3.05) is 23.3 Å². The molecule has 1 unspecified atom stereocenters. The van der Waals surface area contributed by atoms with Gasteiger partial charge >= 0.3 is 0 Å². The highest BCUT2D eigenvalue weighted by Crippen LogP contribution is 2.23. The van der Waals surface area contributed by atoms with E-state index in [4.69, 9.17) is 0 Å². The van der Waals surface area contributed by atoms with Gasteiger partial charge in [0.15, 0.2) is 0 Å². The minimum absolute atomic E-state index is 0.107. The van der Waals surface area contributed by atoms with E-state index in [2.05, 4.69) is 21.6 Å². The number of halogens is 1. The second-order valence-corrected chi connectivity index (χ2v) is 7.79. The molecule has 3 rings (SSSR count). The molecule has 154 valence electrons. The molecule has 0 bridgehead atoms. The Bertz CT molecular complexity index is 845. The van der Waals surface area contributed by atoms with Crippen LogP contribution >= 0.6 is 0 Å². The first-order chi connectivity index (χ1) is 13.9. The number of rotatable bonds is 6. The van der Waals surface area contributed by atoms with Crippen LogP contribution in [0.25, 0.3) is 0 Å². The van der Waals surface area contributed by atoms with E-state index in [-0.39, 0.29) is 11.8 Å². The highest BCUT2D eigenvalue weighted by molar-refractivity contribution is 6.01. The second-order valence-electron chi connectivity index (χ2n) is 7.79. The van der Waals surface area contributed by atoms with Crippen molar-refractivity contribution in [2.45, 2.75) is 39.2 Å². The first-order valence-corrected chi connectivity index (χ1v) is 10.2. The van der Waals surface area contributed by atoms with Crippen molar-refractivity contribution in [2.24, 2.45) is 5.92 Å². The Morgan fingerprint density at radius 1 is 1.00 bits per heavy atom. The Balaban J connectivity index is 1.68. The molecular weight excluding hydrogens is 369 g/mol. The van der Waals surface area contributed by atoms with Gasteiger partial charge in [0, 0.05) is 30.0 Å². The maximum Gasteiger partial charge on any atom is 0.251 e. The molecule has 2 aromatic rings. The van der Waals surface area contributed by atoms with Crippen LogP contribution in [0.1, 0.15) is 43.5 Å². The van der Waals surface area contributed by atoms with Crippen LogP contribution < -0.4 is 15.5 Å². The predicted molar refractivity (Wildman–Crippen MR) is 114 cm³/mol. The summed E-state index contributed by atoms with van der Waals surface area (Å²) in [5, 5.41) is 5.69. The van der Waals surface area contributed by atoms with E-state index < -0.39 is 17.8 Å². The Kier molecular flexibility index (Phi) is 6.86. The zero-order valence-corrected chi connectivity index (χ0v) is 17.0. The van der Waals surface area contributed by atoms with Crippen LogP contribution in [0.3, 0.4) is 0 Å². The maximum absolute atomic E-state index is 13.1. The monoisotopic (exact) mass is 397 g/mol. The normalized spacial score (nSPS) is 15.1. The Hall–Kier alpha value is -2.89. The predicted octanol–water partition coefficient (Wildman–Crippen LogP) is 4.21. The van der Waals surface area contributed by atoms with Crippen molar-refractivity contribution in [3.05, 3.63) is 59.9 Å². The fraction of sp³-hybridized carbons (Fsp3) is 0.391. The van der Waals surface area contributed by atoms with Gasteiger partial charge in [-0.15, -0.1) is 0 Å². The van der Waals surface area contributed by atoms with E-state index in [1.165, 1.54) is 43.5 Å². The van der Waals surface area contributed by atoms with Gasteiger partial charge in [-0.2, -0.15) is 0 Å². The minimum Gasteiger partial charge on any atom is -0.371 e. The number of anilines is 2. The maximum atomic E-state index is 13.1. The lowest BCUT2D eigenvalue weighted by Crippen LogP contribution is -2.47.